The van der Waals surface area contributed by atoms with Crippen molar-refractivity contribution in [2.75, 3.05) is 19.5 Å². The second kappa shape index (κ2) is 8.17. The molecule has 0 aliphatic heterocycles. The second-order valence-corrected chi connectivity index (χ2v) is 5.20. The minimum Gasteiger partial charge on any atom is -0.497 e. The largest absolute Gasteiger partial charge is 0.497 e. The highest BCUT2D eigenvalue weighted by Crippen LogP contribution is 2.28. The Morgan fingerprint density at radius 3 is 2.43 bits per heavy atom. The van der Waals surface area contributed by atoms with Gasteiger partial charge in [0.15, 0.2) is 0 Å². The number of benzene rings is 1. The number of carbonyl (C=O) groups is 2. The molecule has 1 aromatic rings. The van der Waals surface area contributed by atoms with Crippen LogP contribution in [0.2, 0.25) is 0 Å². The van der Waals surface area contributed by atoms with Gasteiger partial charge >= 0.3 is 11.8 Å². The molecule has 0 radical (unpaired) electrons. The van der Waals surface area contributed by atoms with E-state index in [9.17, 15) is 9.59 Å². The second-order valence-electron chi connectivity index (χ2n) is 5.20. The summed E-state index contributed by atoms with van der Waals surface area (Å²) in [5, 5.41) is 6.52. The molecule has 0 saturated heterocycles. The van der Waals surface area contributed by atoms with Gasteiger partial charge in [0.1, 0.15) is 11.5 Å². The number of nitrogens with one attached hydrogen (secondary N) is 2. The summed E-state index contributed by atoms with van der Waals surface area (Å²) in [4.78, 5) is 23.7. The fraction of sp³-hybridized carbons (Fsp3) is 0.438. The van der Waals surface area contributed by atoms with Gasteiger partial charge in [0.05, 0.1) is 19.9 Å². The van der Waals surface area contributed by atoms with Gasteiger partial charge in [0, 0.05) is 11.8 Å². The molecule has 1 saturated carbocycles. The number of anilines is 1. The number of ether oxygens (including phenoxy) is 2. The molecule has 7 nitrogen and oxygen atoms in total. The van der Waals surface area contributed by atoms with Gasteiger partial charge in [-0.15, -0.1) is 0 Å². The third-order valence-electron chi connectivity index (χ3n) is 3.61. The van der Waals surface area contributed by atoms with Crippen LogP contribution in [-0.4, -0.2) is 31.7 Å². The molecular weight excluding hydrogens is 298 g/mol. The van der Waals surface area contributed by atoms with Crippen LogP contribution in [0, 0.1) is 0 Å². The van der Waals surface area contributed by atoms with Crippen LogP contribution >= 0.6 is 0 Å². The van der Waals surface area contributed by atoms with Crippen LogP contribution in [0.15, 0.2) is 23.3 Å². The van der Waals surface area contributed by atoms with Crippen molar-refractivity contribution < 1.29 is 19.1 Å². The van der Waals surface area contributed by atoms with E-state index in [0.29, 0.717) is 17.2 Å². The zero-order valence-electron chi connectivity index (χ0n) is 13.3. The van der Waals surface area contributed by atoms with E-state index in [1.54, 1.807) is 18.2 Å². The van der Waals surface area contributed by atoms with Gasteiger partial charge in [-0.25, -0.2) is 5.43 Å². The average Bonchev–Trinajstić information content (AvgIpc) is 2.60. The SMILES string of the molecule is COc1ccc(NC(=O)C(=O)NN=C2CCCCC2)c(OC)c1. The van der Waals surface area contributed by atoms with Crippen LogP contribution in [0.3, 0.4) is 0 Å². The first-order valence-corrected chi connectivity index (χ1v) is 7.53. The van der Waals surface area contributed by atoms with Crippen molar-refractivity contribution in [2.24, 2.45) is 5.10 Å². The Morgan fingerprint density at radius 1 is 1.04 bits per heavy atom. The van der Waals surface area contributed by atoms with Crippen molar-refractivity contribution in [1.29, 1.82) is 0 Å². The zero-order valence-corrected chi connectivity index (χ0v) is 13.3. The van der Waals surface area contributed by atoms with Crippen molar-refractivity contribution in [1.82, 2.24) is 5.43 Å². The first kappa shape index (κ1) is 16.8. The average molecular weight is 319 g/mol. The maximum Gasteiger partial charge on any atom is 0.329 e. The number of methoxy groups -OCH3 is 2. The van der Waals surface area contributed by atoms with E-state index in [1.807, 2.05) is 0 Å². The Morgan fingerprint density at radius 2 is 1.78 bits per heavy atom. The molecule has 2 rings (SSSR count). The van der Waals surface area contributed by atoms with Crippen molar-refractivity contribution in [3.05, 3.63) is 18.2 Å². The van der Waals surface area contributed by atoms with E-state index in [4.69, 9.17) is 9.47 Å². The van der Waals surface area contributed by atoms with Crippen LogP contribution in [-0.2, 0) is 9.59 Å². The van der Waals surface area contributed by atoms with E-state index in [2.05, 4.69) is 15.8 Å². The molecule has 124 valence electrons. The molecule has 0 aromatic heterocycles. The molecule has 2 N–H and O–H groups in total. The van der Waals surface area contributed by atoms with E-state index in [1.165, 1.54) is 20.6 Å². The highest BCUT2D eigenvalue weighted by Gasteiger charge is 2.16. The zero-order chi connectivity index (χ0) is 16.7. The van der Waals surface area contributed by atoms with Crippen LogP contribution in [0.4, 0.5) is 5.69 Å². The Bertz CT molecular complexity index is 605. The normalized spacial score (nSPS) is 13.9. The number of carbonyl (C=O) groups excluding carboxylic acids is 2. The van der Waals surface area contributed by atoms with Crippen LogP contribution < -0.4 is 20.2 Å². The fourth-order valence-electron chi connectivity index (χ4n) is 2.33. The summed E-state index contributed by atoms with van der Waals surface area (Å²) in [5.41, 5.74) is 3.62. The number of nitrogens with zero attached hydrogens (tertiary/aromatic N) is 1. The van der Waals surface area contributed by atoms with Gasteiger partial charge in [0.2, 0.25) is 0 Å². The van der Waals surface area contributed by atoms with Gasteiger partial charge in [-0.3, -0.25) is 9.59 Å². The smallest absolute Gasteiger partial charge is 0.329 e. The van der Waals surface area contributed by atoms with E-state index in [-0.39, 0.29) is 0 Å². The highest BCUT2D eigenvalue weighted by molar-refractivity contribution is 6.39. The van der Waals surface area contributed by atoms with Crippen LogP contribution in [0.25, 0.3) is 0 Å². The molecule has 1 aromatic carbocycles. The van der Waals surface area contributed by atoms with Gasteiger partial charge < -0.3 is 14.8 Å². The van der Waals surface area contributed by atoms with Crippen molar-refractivity contribution >= 4 is 23.2 Å². The molecule has 0 heterocycles. The lowest BCUT2D eigenvalue weighted by Gasteiger charge is -2.13. The maximum atomic E-state index is 11.9. The Hall–Kier alpha value is -2.57. The molecule has 1 fully saturated rings. The highest BCUT2D eigenvalue weighted by atomic mass is 16.5. The molecule has 0 unspecified atom stereocenters. The van der Waals surface area contributed by atoms with Gasteiger partial charge in [-0.2, -0.15) is 5.10 Å². The van der Waals surface area contributed by atoms with Crippen LogP contribution in [0.1, 0.15) is 32.1 Å². The fourth-order valence-corrected chi connectivity index (χ4v) is 2.33. The first-order chi connectivity index (χ1) is 11.1. The number of hydrogen-bond donors (Lipinski definition) is 2. The molecule has 0 atom stereocenters. The van der Waals surface area contributed by atoms with Gasteiger partial charge in [-0.05, 0) is 37.8 Å². The molecule has 1 aliphatic rings. The summed E-state index contributed by atoms with van der Waals surface area (Å²) in [5.74, 6) is -0.605. The van der Waals surface area contributed by atoms with Gasteiger partial charge in [0.25, 0.3) is 0 Å². The Kier molecular flexibility index (Phi) is 5.96. The minimum absolute atomic E-state index is 0.388. The monoisotopic (exact) mass is 319 g/mol. The maximum absolute atomic E-state index is 11.9. The lowest BCUT2D eigenvalue weighted by molar-refractivity contribution is -0.136. The predicted molar refractivity (Wildman–Crippen MR) is 86.8 cm³/mol. The lowest BCUT2D eigenvalue weighted by atomic mass is 9.99. The number of amides is 2. The predicted octanol–water partition coefficient (Wildman–Crippen LogP) is 2.08. The topological polar surface area (TPSA) is 89.0 Å². The lowest BCUT2D eigenvalue weighted by Crippen LogP contribution is -2.33. The van der Waals surface area contributed by atoms with Crippen molar-refractivity contribution in [2.45, 2.75) is 32.1 Å². The molecule has 0 spiro atoms. The van der Waals surface area contributed by atoms with Crippen molar-refractivity contribution in [3.63, 3.8) is 0 Å². The Balaban J connectivity index is 1.96. The number of hydrazone groups is 1. The Labute approximate surface area is 135 Å². The van der Waals surface area contributed by atoms with Crippen LogP contribution in [0.5, 0.6) is 11.5 Å². The van der Waals surface area contributed by atoms with E-state index >= 15 is 0 Å². The summed E-state index contributed by atoms with van der Waals surface area (Å²) in [6.07, 6.45) is 5.07. The minimum atomic E-state index is -0.805. The summed E-state index contributed by atoms with van der Waals surface area (Å²) in [7, 11) is 3.00. The van der Waals surface area contributed by atoms with E-state index < -0.39 is 11.8 Å². The molecule has 23 heavy (non-hydrogen) atoms. The number of hydrogen-bond acceptors (Lipinski definition) is 5. The van der Waals surface area contributed by atoms with Gasteiger partial charge in [-0.1, -0.05) is 6.42 Å². The summed E-state index contributed by atoms with van der Waals surface area (Å²) in [6, 6.07) is 4.89. The van der Waals surface area contributed by atoms with Crippen molar-refractivity contribution in [3.8, 4) is 11.5 Å². The summed E-state index contributed by atoms with van der Waals surface area (Å²) >= 11 is 0. The molecule has 7 heteroatoms. The number of rotatable bonds is 4. The molecule has 0 bridgehead atoms. The third-order valence-corrected chi connectivity index (χ3v) is 3.61. The van der Waals surface area contributed by atoms with E-state index in [0.717, 1.165) is 31.4 Å². The first-order valence-electron chi connectivity index (χ1n) is 7.53. The molecule has 1 aliphatic carbocycles. The summed E-state index contributed by atoms with van der Waals surface area (Å²) in [6.45, 7) is 0. The molecule has 2 amide bonds. The standard InChI is InChI=1S/C16H21N3O4/c1-22-12-8-9-13(14(10-12)23-2)17-15(20)16(21)19-18-11-6-4-3-5-7-11/h8-10H,3-7H2,1-2H3,(H,17,20)(H,19,21). The summed E-state index contributed by atoms with van der Waals surface area (Å²) < 4.78 is 10.2. The molecular formula is C16H21N3O4. The quantitative estimate of drug-likeness (QED) is 0.657. The third kappa shape index (κ3) is 4.70.